The Bertz CT molecular complexity index is 1880. The number of fused-ring (bicyclic) bond motifs is 3. The topological polar surface area (TPSA) is 90.0 Å². The SMILES string of the molecule is CC(=O)NC(c1ccc(Cl)cc1)(c1ccc2c(c1)c(-c1cccc(Cl)c1)cc1nnnn12)c1cncn1C(C)C. The summed E-state index contributed by atoms with van der Waals surface area (Å²) in [5, 5.41) is 17.7. The second-order valence-corrected chi connectivity index (χ2v) is 10.8. The fourth-order valence-corrected chi connectivity index (χ4v) is 5.68. The maximum atomic E-state index is 13.0. The summed E-state index contributed by atoms with van der Waals surface area (Å²) in [4.78, 5) is 17.5. The van der Waals surface area contributed by atoms with Gasteiger partial charge in [-0.3, -0.25) is 4.79 Å². The quantitative estimate of drug-likeness (QED) is 0.248. The third-order valence-corrected chi connectivity index (χ3v) is 7.59. The Morgan fingerprint density at radius 1 is 0.950 bits per heavy atom. The van der Waals surface area contributed by atoms with Crippen LogP contribution in [0.4, 0.5) is 0 Å². The maximum Gasteiger partial charge on any atom is 0.218 e. The summed E-state index contributed by atoms with van der Waals surface area (Å²) in [5.41, 5.74) is 4.64. The van der Waals surface area contributed by atoms with E-state index in [0.717, 1.165) is 38.9 Å². The molecule has 1 unspecified atom stereocenters. The molecule has 3 aromatic heterocycles. The number of nitrogens with zero attached hydrogens (tertiary/aromatic N) is 6. The lowest BCUT2D eigenvalue weighted by Gasteiger charge is -2.37. The molecule has 3 aromatic carbocycles. The summed E-state index contributed by atoms with van der Waals surface area (Å²) in [6.45, 7) is 5.68. The van der Waals surface area contributed by atoms with Gasteiger partial charge in [0.1, 0.15) is 5.54 Å². The van der Waals surface area contributed by atoms with Gasteiger partial charge in [0.25, 0.3) is 0 Å². The molecule has 0 aliphatic rings. The molecule has 1 N–H and O–H groups in total. The van der Waals surface area contributed by atoms with E-state index in [9.17, 15) is 4.79 Å². The molecule has 0 saturated heterocycles. The van der Waals surface area contributed by atoms with Crippen molar-refractivity contribution in [1.82, 2.24) is 34.9 Å². The van der Waals surface area contributed by atoms with Crippen molar-refractivity contribution in [3.05, 3.63) is 112 Å². The highest BCUT2D eigenvalue weighted by Crippen LogP contribution is 2.41. The van der Waals surface area contributed by atoms with Crippen molar-refractivity contribution in [2.24, 2.45) is 0 Å². The summed E-state index contributed by atoms with van der Waals surface area (Å²) in [5.74, 6) is -0.197. The highest BCUT2D eigenvalue weighted by atomic mass is 35.5. The van der Waals surface area contributed by atoms with Crippen molar-refractivity contribution in [3.63, 3.8) is 0 Å². The van der Waals surface area contributed by atoms with Crippen LogP contribution in [-0.2, 0) is 10.3 Å². The number of hydrogen-bond acceptors (Lipinski definition) is 5. The van der Waals surface area contributed by atoms with Crippen molar-refractivity contribution in [2.45, 2.75) is 32.4 Å². The van der Waals surface area contributed by atoms with Gasteiger partial charge in [-0.05, 0) is 89.0 Å². The maximum absolute atomic E-state index is 13.0. The van der Waals surface area contributed by atoms with Gasteiger partial charge in [-0.25, -0.2) is 4.98 Å². The predicted molar refractivity (Wildman–Crippen MR) is 156 cm³/mol. The Labute approximate surface area is 240 Å². The molecule has 200 valence electrons. The monoisotopic (exact) mass is 569 g/mol. The van der Waals surface area contributed by atoms with E-state index < -0.39 is 5.54 Å². The fourth-order valence-electron chi connectivity index (χ4n) is 5.37. The minimum Gasteiger partial charge on any atom is -0.337 e. The third-order valence-electron chi connectivity index (χ3n) is 7.10. The largest absolute Gasteiger partial charge is 0.337 e. The van der Waals surface area contributed by atoms with Gasteiger partial charge in [0.05, 0.1) is 23.7 Å². The normalized spacial score (nSPS) is 13.2. The van der Waals surface area contributed by atoms with Gasteiger partial charge >= 0.3 is 0 Å². The lowest BCUT2D eigenvalue weighted by Crippen LogP contribution is -2.48. The molecule has 6 rings (SSSR count). The Morgan fingerprint density at radius 3 is 2.45 bits per heavy atom. The summed E-state index contributed by atoms with van der Waals surface area (Å²) in [6, 6.07) is 23.3. The van der Waals surface area contributed by atoms with E-state index in [1.165, 1.54) is 6.92 Å². The standard InChI is InChI=1S/C30H25Cl2N7O/c1-18(2)38-17-33-16-28(38)30(34-19(3)40,21-7-10-23(31)11-8-21)22-9-12-27-26(14-22)25(15-29-35-36-37-39(27)29)20-5-4-6-24(32)13-20/h4-18H,1-3H3,(H,34,40). The van der Waals surface area contributed by atoms with Crippen molar-refractivity contribution >= 4 is 45.7 Å². The van der Waals surface area contributed by atoms with Crippen LogP contribution < -0.4 is 5.32 Å². The molecule has 8 nitrogen and oxygen atoms in total. The number of hydrogen-bond donors (Lipinski definition) is 1. The van der Waals surface area contributed by atoms with Gasteiger partial charge in [-0.1, -0.05) is 53.5 Å². The Balaban J connectivity index is 1.73. The Kier molecular flexibility index (Phi) is 6.52. The average Bonchev–Trinajstić information content (AvgIpc) is 3.62. The molecule has 0 bridgehead atoms. The molecule has 3 heterocycles. The molecule has 0 spiro atoms. The number of rotatable bonds is 6. The number of carbonyl (C=O) groups excluding carboxylic acids is 1. The molecule has 0 aliphatic heterocycles. The van der Waals surface area contributed by atoms with E-state index >= 15 is 0 Å². The first kappa shape index (κ1) is 26.0. The van der Waals surface area contributed by atoms with Crippen LogP contribution in [-0.4, -0.2) is 35.5 Å². The first-order chi connectivity index (χ1) is 19.3. The fraction of sp³-hybridized carbons (Fsp3) is 0.167. The van der Waals surface area contributed by atoms with Crippen LogP contribution >= 0.6 is 23.2 Å². The van der Waals surface area contributed by atoms with E-state index in [4.69, 9.17) is 23.2 Å². The van der Waals surface area contributed by atoms with Gasteiger partial charge in [-0.2, -0.15) is 4.52 Å². The minimum atomic E-state index is -1.09. The van der Waals surface area contributed by atoms with Gasteiger partial charge in [0.15, 0.2) is 5.65 Å². The minimum absolute atomic E-state index is 0.0845. The van der Waals surface area contributed by atoms with E-state index in [1.807, 2.05) is 66.7 Å². The van der Waals surface area contributed by atoms with Crippen LogP contribution in [0.3, 0.4) is 0 Å². The molecule has 0 fully saturated rings. The predicted octanol–water partition coefficient (Wildman–Crippen LogP) is 6.46. The zero-order valence-corrected chi connectivity index (χ0v) is 23.5. The van der Waals surface area contributed by atoms with E-state index in [0.29, 0.717) is 15.7 Å². The van der Waals surface area contributed by atoms with Gasteiger partial charge in [-0.15, -0.1) is 5.10 Å². The third kappa shape index (κ3) is 4.29. The lowest BCUT2D eigenvalue weighted by molar-refractivity contribution is -0.120. The molecule has 0 radical (unpaired) electrons. The van der Waals surface area contributed by atoms with E-state index in [2.05, 4.69) is 50.3 Å². The molecule has 6 aromatic rings. The van der Waals surface area contributed by atoms with Crippen LogP contribution in [0, 0.1) is 0 Å². The van der Waals surface area contributed by atoms with Crippen LogP contribution in [0.1, 0.15) is 43.6 Å². The van der Waals surface area contributed by atoms with E-state index in [-0.39, 0.29) is 11.9 Å². The number of amides is 1. The number of tetrazole rings is 1. The van der Waals surface area contributed by atoms with Gasteiger partial charge in [0.2, 0.25) is 5.91 Å². The summed E-state index contributed by atoms with van der Waals surface area (Å²) in [6.07, 6.45) is 3.59. The van der Waals surface area contributed by atoms with Crippen LogP contribution in [0.15, 0.2) is 85.3 Å². The van der Waals surface area contributed by atoms with Crippen LogP contribution in [0.2, 0.25) is 10.0 Å². The van der Waals surface area contributed by atoms with Crippen molar-refractivity contribution in [2.75, 3.05) is 0 Å². The summed E-state index contributed by atoms with van der Waals surface area (Å²) >= 11 is 12.7. The molecular formula is C30H25Cl2N7O. The highest BCUT2D eigenvalue weighted by molar-refractivity contribution is 6.31. The number of halogens is 2. The molecule has 1 amide bonds. The average molecular weight is 570 g/mol. The number of imidazole rings is 1. The van der Waals surface area contributed by atoms with E-state index in [1.54, 1.807) is 17.0 Å². The number of carbonyl (C=O) groups is 1. The molecule has 1 atom stereocenters. The first-order valence-corrected chi connectivity index (χ1v) is 13.5. The molecule has 10 heteroatoms. The molecule has 0 aliphatic carbocycles. The first-order valence-electron chi connectivity index (χ1n) is 12.8. The summed E-state index contributed by atoms with van der Waals surface area (Å²) < 4.78 is 3.77. The zero-order valence-electron chi connectivity index (χ0n) is 22.0. The molecular weight excluding hydrogens is 545 g/mol. The van der Waals surface area contributed by atoms with Crippen LogP contribution in [0.5, 0.6) is 0 Å². The number of benzene rings is 3. The van der Waals surface area contributed by atoms with Crippen molar-refractivity contribution in [1.29, 1.82) is 0 Å². The molecule has 40 heavy (non-hydrogen) atoms. The number of aromatic nitrogens is 6. The highest BCUT2D eigenvalue weighted by Gasteiger charge is 2.41. The smallest absolute Gasteiger partial charge is 0.218 e. The van der Waals surface area contributed by atoms with Crippen LogP contribution in [0.25, 0.3) is 27.7 Å². The Hall–Kier alpha value is -4.27. The second kappa shape index (κ2) is 10.0. The summed E-state index contributed by atoms with van der Waals surface area (Å²) in [7, 11) is 0. The van der Waals surface area contributed by atoms with Crippen molar-refractivity contribution < 1.29 is 4.79 Å². The lowest BCUT2D eigenvalue weighted by atomic mass is 9.78. The Morgan fingerprint density at radius 2 is 1.73 bits per heavy atom. The van der Waals surface area contributed by atoms with Crippen molar-refractivity contribution in [3.8, 4) is 11.1 Å². The second-order valence-electron chi connectivity index (χ2n) is 9.97. The van der Waals surface area contributed by atoms with Gasteiger partial charge < -0.3 is 9.88 Å². The number of pyridine rings is 1. The zero-order chi connectivity index (χ0) is 28.0. The number of nitrogens with one attached hydrogen (secondary N) is 1. The van der Waals surface area contributed by atoms with Gasteiger partial charge in [0, 0.05) is 28.4 Å². The molecule has 0 saturated carbocycles.